The highest BCUT2D eigenvalue weighted by Gasteiger charge is 2.69. The summed E-state index contributed by atoms with van der Waals surface area (Å²) in [6.45, 7) is 4.41. The van der Waals surface area contributed by atoms with Crippen LogP contribution in [0.4, 0.5) is 5.69 Å². The van der Waals surface area contributed by atoms with Crippen LogP contribution in [-0.4, -0.2) is 90.0 Å². The largest absolute Gasteiger partial charge is 0.507 e. The second-order valence-electron chi connectivity index (χ2n) is 12.0. The minimum Gasteiger partial charge on any atom is -0.507 e. The minimum atomic E-state index is -2.73. The number of aromatic hydroxyl groups is 1. The van der Waals surface area contributed by atoms with Gasteiger partial charge in [0.15, 0.2) is 34.7 Å². The molecule has 11 heteroatoms. The third-order valence-electron chi connectivity index (χ3n) is 8.96. The van der Waals surface area contributed by atoms with Gasteiger partial charge in [0.2, 0.25) is 5.91 Å². The van der Waals surface area contributed by atoms with E-state index < -0.39 is 64.4 Å². The number of primary amides is 1. The summed E-state index contributed by atoms with van der Waals surface area (Å²) >= 11 is 0. The van der Waals surface area contributed by atoms with Crippen LogP contribution >= 0.6 is 0 Å². The Bertz CT molecular complexity index is 1280. The maximum absolute atomic E-state index is 14.1. The first kappa shape index (κ1) is 29.8. The molecule has 0 spiro atoms. The average Bonchev–Trinajstić information content (AvgIpc) is 2.85. The number of fused-ring (bicyclic) bond motifs is 3. The second kappa shape index (κ2) is 10.7. The zero-order valence-corrected chi connectivity index (χ0v) is 24.0. The zero-order valence-electron chi connectivity index (χ0n) is 24.0. The molecule has 11 nitrogen and oxygen atoms in total. The summed E-state index contributed by atoms with van der Waals surface area (Å²) in [6, 6.07) is 0.890. The summed E-state index contributed by atoms with van der Waals surface area (Å²) in [5.41, 5.74) is 4.47. The lowest BCUT2D eigenvalue weighted by molar-refractivity contribution is -0.181. The van der Waals surface area contributed by atoms with Crippen molar-refractivity contribution in [3.05, 3.63) is 22.8 Å². The second-order valence-corrected chi connectivity index (χ2v) is 12.0. The summed E-state index contributed by atoms with van der Waals surface area (Å²) in [6.07, 6.45) is 2.17. The van der Waals surface area contributed by atoms with Gasteiger partial charge in [-0.25, -0.2) is 0 Å². The van der Waals surface area contributed by atoms with Gasteiger partial charge in [0, 0.05) is 43.9 Å². The van der Waals surface area contributed by atoms with Gasteiger partial charge < -0.3 is 26.2 Å². The Kier molecular flexibility index (Phi) is 7.96. The van der Waals surface area contributed by atoms with E-state index in [1.807, 2.05) is 32.0 Å². The fourth-order valence-electron chi connectivity index (χ4n) is 7.06. The molecular formula is C29H40N4O7. The SMILES string of the molecule is CCCC(C)NCc1cc(N(C)C)c2c(c1O)C(=O)C1C(=O)[C@@]3(O)C(=O)C(C(N)=O)C(=O)[C@H](N(C)C)[C@H]3C[C@H]1C2. The molecule has 2 fully saturated rings. The van der Waals surface area contributed by atoms with E-state index in [2.05, 4.69) is 12.2 Å². The fraction of sp³-hybridized carbons (Fsp3) is 0.621. The molecule has 2 saturated carbocycles. The molecule has 5 N–H and O–H groups in total. The molecule has 218 valence electrons. The number of phenolic OH excluding ortho intramolecular Hbond substituents is 1. The van der Waals surface area contributed by atoms with Crippen molar-refractivity contribution < 1.29 is 34.2 Å². The lowest BCUT2D eigenvalue weighted by Gasteiger charge is -2.52. The van der Waals surface area contributed by atoms with Crippen LogP contribution < -0.4 is 16.0 Å². The highest BCUT2D eigenvalue weighted by atomic mass is 16.3. The predicted molar refractivity (Wildman–Crippen MR) is 147 cm³/mol. The Hall–Kier alpha value is -3.15. The Morgan fingerprint density at radius 2 is 1.82 bits per heavy atom. The van der Waals surface area contributed by atoms with Gasteiger partial charge >= 0.3 is 0 Å². The summed E-state index contributed by atoms with van der Waals surface area (Å²) in [5.74, 6) is -10.4. The number of nitrogens with one attached hydrogen (secondary N) is 1. The van der Waals surface area contributed by atoms with E-state index >= 15 is 0 Å². The number of likely N-dealkylation sites (N-methyl/N-ethyl adjacent to an activating group) is 1. The van der Waals surface area contributed by atoms with Crippen molar-refractivity contribution >= 4 is 34.7 Å². The van der Waals surface area contributed by atoms with Crippen LogP contribution in [0.3, 0.4) is 0 Å². The van der Waals surface area contributed by atoms with Crippen LogP contribution in [0, 0.1) is 23.7 Å². The van der Waals surface area contributed by atoms with Gasteiger partial charge in [-0.1, -0.05) is 13.3 Å². The molecule has 0 saturated heterocycles. The van der Waals surface area contributed by atoms with Crippen LogP contribution in [0.1, 0.15) is 54.6 Å². The molecule has 0 heterocycles. The normalized spacial score (nSPS) is 30.6. The third kappa shape index (κ3) is 4.44. The number of carbonyl (C=O) groups is 5. The van der Waals surface area contributed by atoms with Crippen molar-refractivity contribution in [1.82, 2.24) is 10.2 Å². The molecule has 0 aromatic heterocycles. The van der Waals surface area contributed by atoms with Crippen molar-refractivity contribution in [2.45, 2.75) is 63.8 Å². The van der Waals surface area contributed by atoms with Gasteiger partial charge in [0.25, 0.3) is 0 Å². The lowest BCUT2D eigenvalue weighted by atomic mass is 9.52. The number of benzene rings is 1. The van der Waals surface area contributed by atoms with Crippen LogP contribution in [0.25, 0.3) is 0 Å². The molecule has 1 aromatic rings. The molecule has 1 amide bonds. The number of anilines is 1. The average molecular weight is 557 g/mol. The number of amides is 1. The number of ketones is 4. The molecule has 0 aliphatic heterocycles. The smallest absolute Gasteiger partial charge is 0.235 e. The summed E-state index contributed by atoms with van der Waals surface area (Å²) in [4.78, 5) is 70.2. The maximum Gasteiger partial charge on any atom is 0.235 e. The first-order valence-corrected chi connectivity index (χ1v) is 13.8. The summed E-state index contributed by atoms with van der Waals surface area (Å²) in [7, 11) is 6.78. The van der Waals surface area contributed by atoms with E-state index in [-0.39, 0.29) is 30.2 Å². The van der Waals surface area contributed by atoms with Gasteiger partial charge in [-0.15, -0.1) is 0 Å². The van der Waals surface area contributed by atoms with Gasteiger partial charge in [-0.05, 0) is 57.8 Å². The summed E-state index contributed by atoms with van der Waals surface area (Å²) in [5, 5.41) is 26.4. The van der Waals surface area contributed by atoms with Gasteiger partial charge in [0.05, 0.1) is 17.5 Å². The molecule has 0 radical (unpaired) electrons. The lowest BCUT2D eigenvalue weighted by Crippen LogP contribution is -2.74. The molecule has 3 aliphatic carbocycles. The van der Waals surface area contributed by atoms with Crippen molar-refractivity contribution in [2.75, 3.05) is 33.1 Å². The number of hydrogen-bond acceptors (Lipinski definition) is 10. The summed E-state index contributed by atoms with van der Waals surface area (Å²) < 4.78 is 0. The van der Waals surface area contributed by atoms with Crippen LogP contribution in [0.15, 0.2) is 6.07 Å². The number of phenols is 1. The standard InChI is InChI=1S/C29H40N4O7/c1-7-8-13(2)31-12-15-11-18(32(3)4)16-9-14-10-17-22(33(5)6)25(36)21(28(30)39)27(38)29(17,40)26(37)19(14)24(35)20(16)23(15)34/h11,13-14,17,19,21-22,31,34,40H,7-10,12H2,1-6H3,(H2,30,39)/t13?,14-,17-,19?,21?,22-,29-/m1/s1. The maximum atomic E-state index is 14.1. The number of rotatable bonds is 8. The van der Waals surface area contributed by atoms with Crippen molar-refractivity contribution in [1.29, 1.82) is 0 Å². The van der Waals surface area contributed by atoms with E-state index in [9.17, 15) is 34.2 Å². The number of nitrogens with two attached hydrogens (primary N) is 1. The van der Waals surface area contributed by atoms with E-state index in [1.165, 1.54) is 4.90 Å². The molecule has 0 bridgehead atoms. The fourth-order valence-corrected chi connectivity index (χ4v) is 7.06. The van der Waals surface area contributed by atoms with Crippen LogP contribution in [0.5, 0.6) is 5.75 Å². The predicted octanol–water partition coefficient (Wildman–Crippen LogP) is 0.211. The topological polar surface area (TPSA) is 170 Å². The number of nitrogens with zero attached hydrogens (tertiary/aromatic N) is 2. The van der Waals surface area contributed by atoms with Gasteiger partial charge in [-0.3, -0.25) is 28.9 Å². The number of hydrogen-bond donors (Lipinski definition) is 4. The number of Topliss-reactive ketones (excluding diaryl/α,β-unsaturated/α-hetero) is 4. The third-order valence-corrected chi connectivity index (χ3v) is 8.96. The molecule has 1 aromatic carbocycles. The Morgan fingerprint density at radius 3 is 2.38 bits per heavy atom. The van der Waals surface area contributed by atoms with Crippen LogP contribution in [0.2, 0.25) is 0 Å². The highest BCUT2D eigenvalue weighted by molar-refractivity contribution is 6.32. The molecule has 3 unspecified atom stereocenters. The monoisotopic (exact) mass is 556 g/mol. The molecule has 40 heavy (non-hydrogen) atoms. The van der Waals surface area contributed by atoms with Crippen molar-refractivity contribution in [3.63, 3.8) is 0 Å². The minimum absolute atomic E-state index is 0.0118. The Balaban J connectivity index is 1.83. The van der Waals surface area contributed by atoms with Crippen molar-refractivity contribution in [2.24, 2.45) is 29.4 Å². The zero-order chi connectivity index (χ0) is 29.8. The molecule has 3 aliphatic rings. The number of aliphatic hydroxyl groups is 1. The Labute approximate surface area is 234 Å². The highest BCUT2D eigenvalue weighted by Crippen LogP contribution is 2.52. The number of carbonyl (C=O) groups excluding carboxylic acids is 5. The van der Waals surface area contributed by atoms with Gasteiger partial charge in [0.1, 0.15) is 5.75 Å². The molecule has 4 rings (SSSR count). The van der Waals surface area contributed by atoms with E-state index in [4.69, 9.17) is 5.73 Å². The first-order valence-electron chi connectivity index (χ1n) is 13.8. The van der Waals surface area contributed by atoms with E-state index in [1.54, 1.807) is 14.1 Å². The van der Waals surface area contributed by atoms with Crippen molar-refractivity contribution in [3.8, 4) is 5.75 Å². The molecular weight excluding hydrogens is 516 g/mol. The molecule has 7 atom stereocenters. The van der Waals surface area contributed by atoms with Gasteiger partial charge in [-0.2, -0.15) is 0 Å². The van der Waals surface area contributed by atoms with E-state index in [0.717, 1.165) is 18.5 Å². The Morgan fingerprint density at radius 1 is 1.18 bits per heavy atom. The van der Waals surface area contributed by atoms with Crippen LogP contribution in [-0.2, 0) is 32.1 Å². The quantitative estimate of drug-likeness (QED) is 0.325. The first-order chi connectivity index (χ1) is 18.7. The van der Waals surface area contributed by atoms with E-state index in [0.29, 0.717) is 17.7 Å².